The number of aliphatic carboxylic acids is 1. The Morgan fingerprint density at radius 2 is 1.86 bits per heavy atom. The van der Waals surface area contributed by atoms with Crippen molar-refractivity contribution >= 4 is 16.7 Å². The predicted molar refractivity (Wildman–Crippen MR) is 83.6 cm³/mol. The van der Waals surface area contributed by atoms with Crippen LogP contribution < -0.4 is 10.1 Å². The van der Waals surface area contributed by atoms with Gasteiger partial charge in [-0.05, 0) is 22.9 Å². The van der Waals surface area contributed by atoms with E-state index in [1.165, 1.54) is 0 Å². The zero-order chi connectivity index (χ0) is 15.4. The number of benzene rings is 2. The third kappa shape index (κ3) is 3.34. The topological polar surface area (TPSA) is 58.6 Å². The molecule has 2 aromatic rings. The Morgan fingerprint density at radius 3 is 2.43 bits per heavy atom. The van der Waals surface area contributed by atoms with Crippen LogP contribution in [0.3, 0.4) is 0 Å². The van der Waals surface area contributed by atoms with Gasteiger partial charge in [-0.1, -0.05) is 44.2 Å². The van der Waals surface area contributed by atoms with Crippen LogP contribution in [0.15, 0.2) is 36.4 Å². The minimum Gasteiger partial charge on any atom is -0.496 e. The molecule has 0 amide bonds. The van der Waals surface area contributed by atoms with Crippen molar-refractivity contribution in [2.24, 2.45) is 5.92 Å². The molecule has 2 N–H and O–H groups in total. The standard InChI is InChI=1S/C17H21NO3/c1-11(2)16(17(19)20)18-10-12-8-9-15(21-3)14-7-5-4-6-13(12)14/h4-9,11,16,18H,10H2,1-3H3,(H,19,20). The molecule has 0 bridgehead atoms. The van der Waals surface area contributed by atoms with Crippen molar-refractivity contribution in [2.75, 3.05) is 7.11 Å². The van der Waals surface area contributed by atoms with E-state index in [2.05, 4.69) is 5.32 Å². The van der Waals surface area contributed by atoms with Gasteiger partial charge >= 0.3 is 5.97 Å². The molecule has 2 rings (SSSR count). The monoisotopic (exact) mass is 287 g/mol. The summed E-state index contributed by atoms with van der Waals surface area (Å²) < 4.78 is 5.37. The summed E-state index contributed by atoms with van der Waals surface area (Å²) in [7, 11) is 1.65. The molecule has 0 spiro atoms. The maximum atomic E-state index is 11.2. The predicted octanol–water partition coefficient (Wildman–Crippen LogP) is 3.05. The van der Waals surface area contributed by atoms with Gasteiger partial charge in [-0.2, -0.15) is 0 Å². The summed E-state index contributed by atoms with van der Waals surface area (Å²) >= 11 is 0. The summed E-state index contributed by atoms with van der Waals surface area (Å²) in [5.41, 5.74) is 1.07. The Hall–Kier alpha value is -2.07. The first kappa shape index (κ1) is 15.3. The Morgan fingerprint density at radius 1 is 1.19 bits per heavy atom. The Bertz CT molecular complexity index is 637. The molecule has 1 unspecified atom stereocenters. The summed E-state index contributed by atoms with van der Waals surface area (Å²) in [6.07, 6.45) is 0. The third-order valence-corrected chi connectivity index (χ3v) is 3.64. The van der Waals surface area contributed by atoms with E-state index in [0.717, 1.165) is 22.1 Å². The van der Waals surface area contributed by atoms with E-state index in [1.54, 1.807) is 7.11 Å². The van der Waals surface area contributed by atoms with Gasteiger partial charge in [-0.25, -0.2) is 0 Å². The van der Waals surface area contributed by atoms with Gasteiger partial charge < -0.3 is 15.2 Å². The number of nitrogens with one attached hydrogen (secondary N) is 1. The van der Waals surface area contributed by atoms with Crippen molar-refractivity contribution in [1.82, 2.24) is 5.32 Å². The summed E-state index contributed by atoms with van der Waals surface area (Å²) in [5, 5.41) is 14.5. The fourth-order valence-corrected chi connectivity index (χ4v) is 2.49. The molecule has 0 aromatic heterocycles. The number of hydrogen-bond donors (Lipinski definition) is 2. The van der Waals surface area contributed by atoms with Gasteiger partial charge in [0.2, 0.25) is 0 Å². The highest BCUT2D eigenvalue weighted by Crippen LogP contribution is 2.28. The van der Waals surface area contributed by atoms with Crippen molar-refractivity contribution in [3.8, 4) is 5.75 Å². The largest absolute Gasteiger partial charge is 0.496 e. The van der Waals surface area contributed by atoms with E-state index < -0.39 is 12.0 Å². The second-order valence-electron chi connectivity index (χ2n) is 5.41. The Balaban J connectivity index is 2.29. The Labute approximate surface area is 124 Å². The number of methoxy groups -OCH3 is 1. The van der Waals surface area contributed by atoms with Gasteiger partial charge in [0.25, 0.3) is 0 Å². The molecule has 0 aliphatic carbocycles. The Kier molecular flexibility index (Phi) is 4.81. The molecule has 112 valence electrons. The van der Waals surface area contributed by atoms with E-state index in [4.69, 9.17) is 4.74 Å². The van der Waals surface area contributed by atoms with E-state index in [-0.39, 0.29) is 5.92 Å². The van der Waals surface area contributed by atoms with Crippen LogP contribution in [-0.4, -0.2) is 24.2 Å². The lowest BCUT2D eigenvalue weighted by molar-refractivity contribution is -0.140. The molecule has 0 saturated carbocycles. The van der Waals surface area contributed by atoms with Crippen LogP contribution in [0.1, 0.15) is 19.4 Å². The molecular formula is C17H21NO3. The minimum atomic E-state index is -0.817. The van der Waals surface area contributed by atoms with Crippen LogP contribution in [0.2, 0.25) is 0 Å². The molecular weight excluding hydrogens is 266 g/mol. The molecule has 0 radical (unpaired) electrons. The number of ether oxygens (including phenoxy) is 1. The lowest BCUT2D eigenvalue weighted by Crippen LogP contribution is -2.40. The van der Waals surface area contributed by atoms with Crippen molar-refractivity contribution in [1.29, 1.82) is 0 Å². The van der Waals surface area contributed by atoms with Gasteiger partial charge in [0.05, 0.1) is 7.11 Å². The zero-order valence-corrected chi connectivity index (χ0v) is 12.6. The minimum absolute atomic E-state index is 0.0343. The smallest absolute Gasteiger partial charge is 0.320 e. The summed E-state index contributed by atoms with van der Waals surface area (Å²) in [4.78, 5) is 11.2. The quantitative estimate of drug-likeness (QED) is 0.857. The normalized spacial score (nSPS) is 12.6. The van der Waals surface area contributed by atoms with Crippen molar-refractivity contribution in [3.05, 3.63) is 42.0 Å². The third-order valence-electron chi connectivity index (χ3n) is 3.64. The second kappa shape index (κ2) is 6.59. The van der Waals surface area contributed by atoms with E-state index >= 15 is 0 Å². The molecule has 0 heterocycles. The first-order valence-corrected chi connectivity index (χ1v) is 7.05. The van der Waals surface area contributed by atoms with Gasteiger partial charge in [-0.15, -0.1) is 0 Å². The first-order valence-electron chi connectivity index (χ1n) is 7.05. The van der Waals surface area contributed by atoms with Gasteiger partial charge in [-0.3, -0.25) is 4.79 Å². The van der Waals surface area contributed by atoms with Crippen LogP contribution in [0.4, 0.5) is 0 Å². The number of carboxylic acid groups (broad SMARTS) is 1. The number of carbonyl (C=O) groups is 1. The maximum absolute atomic E-state index is 11.2. The lowest BCUT2D eigenvalue weighted by Gasteiger charge is -2.19. The molecule has 4 nitrogen and oxygen atoms in total. The summed E-state index contributed by atoms with van der Waals surface area (Å²) in [6, 6.07) is 11.3. The number of carboxylic acids is 1. The highest BCUT2D eigenvalue weighted by molar-refractivity contribution is 5.91. The molecule has 0 saturated heterocycles. The zero-order valence-electron chi connectivity index (χ0n) is 12.6. The van der Waals surface area contributed by atoms with E-state index in [0.29, 0.717) is 6.54 Å². The summed E-state index contributed by atoms with van der Waals surface area (Å²) in [5.74, 6) is 0.0443. The van der Waals surface area contributed by atoms with E-state index in [9.17, 15) is 9.90 Å². The molecule has 0 aliphatic rings. The SMILES string of the molecule is COc1ccc(CNC(C(=O)O)C(C)C)c2ccccc12. The van der Waals surface area contributed by atoms with Crippen molar-refractivity contribution in [2.45, 2.75) is 26.4 Å². The lowest BCUT2D eigenvalue weighted by atomic mass is 10.0. The van der Waals surface area contributed by atoms with Crippen molar-refractivity contribution in [3.63, 3.8) is 0 Å². The first-order chi connectivity index (χ1) is 10.0. The summed E-state index contributed by atoms with van der Waals surface area (Å²) in [6.45, 7) is 4.31. The molecule has 0 aliphatic heterocycles. The number of rotatable bonds is 6. The fraction of sp³-hybridized carbons (Fsp3) is 0.353. The highest BCUT2D eigenvalue weighted by Gasteiger charge is 2.20. The fourth-order valence-electron chi connectivity index (χ4n) is 2.49. The van der Waals surface area contributed by atoms with Gasteiger partial charge in [0.15, 0.2) is 0 Å². The number of fused-ring (bicyclic) bond motifs is 1. The maximum Gasteiger partial charge on any atom is 0.320 e. The van der Waals surface area contributed by atoms with Crippen LogP contribution in [0.5, 0.6) is 5.75 Å². The molecule has 4 heteroatoms. The average molecular weight is 287 g/mol. The molecule has 1 atom stereocenters. The van der Waals surface area contributed by atoms with Crippen LogP contribution in [0, 0.1) is 5.92 Å². The van der Waals surface area contributed by atoms with Gasteiger partial charge in [0.1, 0.15) is 11.8 Å². The molecule has 21 heavy (non-hydrogen) atoms. The van der Waals surface area contributed by atoms with Crippen molar-refractivity contribution < 1.29 is 14.6 Å². The van der Waals surface area contributed by atoms with E-state index in [1.807, 2.05) is 50.2 Å². The average Bonchev–Trinajstić information content (AvgIpc) is 2.46. The van der Waals surface area contributed by atoms with Crippen LogP contribution in [0.25, 0.3) is 10.8 Å². The molecule has 0 fully saturated rings. The second-order valence-corrected chi connectivity index (χ2v) is 5.41. The number of hydrogen-bond acceptors (Lipinski definition) is 3. The molecule has 2 aromatic carbocycles. The van der Waals surface area contributed by atoms with Crippen LogP contribution in [-0.2, 0) is 11.3 Å². The van der Waals surface area contributed by atoms with Crippen LogP contribution >= 0.6 is 0 Å². The highest BCUT2D eigenvalue weighted by atomic mass is 16.5. The van der Waals surface area contributed by atoms with Gasteiger partial charge in [0, 0.05) is 11.9 Å².